The topological polar surface area (TPSA) is 12.0 Å². The van der Waals surface area contributed by atoms with E-state index in [1.54, 1.807) is 0 Å². The molecule has 1 aromatic carbocycles. The van der Waals surface area contributed by atoms with Gasteiger partial charge < -0.3 is 5.32 Å². The molecule has 1 heterocycles. The maximum Gasteiger partial charge on any atom is 0.0168 e. The van der Waals surface area contributed by atoms with Crippen molar-refractivity contribution in [2.24, 2.45) is 0 Å². The Bertz CT molecular complexity index is 355. The third-order valence-electron chi connectivity index (χ3n) is 2.77. The van der Waals surface area contributed by atoms with E-state index in [0.717, 1.165) is 13.1 Å². The second-order valence-electron chi connectivity index (χ2n) is 4.09. The molecule has 0 bridgehead atoms. The second kappa shape index (κ2) is 3.97. The van der Waals surface area contributed by atoms with Crippen LogP contribution in [0.5, 0.6) is 0 Å². The zero-order chi connectivity index (χ0) is 9.97. The second-order valence-corrected chi connectivity index (χ2v) is 4.09. The summed E-state index contributed by atoms with van der Waals surface area (Å²) < 4.78 is 0. The van der Waals surface area contributed by atoms with Gasteiger partial charge in [0.2, 0.25) is 0 Å². The van der Waals surface area contributed by atoms with E-state index in [0.29, 0.717) is 0 Å². The molecule has 1 fully saturated rings. The summed E-state index contributed by atoms with van der Waals surface area (Å²) in [5, 5.41) is 3.36. The fourth-order valence-electron chi connectivity index (χ4n) is 1.84. The number of nitrogens with one attached hydrogen (secondary N) is 1. The molecule has 0 aliphatic carbocycles. The summed E-state index contributed by atoms with van der Waals surface area (Å²) in [4.78, 5) is 0. The Morgan fingerprint density at radius 2 is 2.14 bits per heavy atom. The molecular weight excluding hydrogens is 170 g/mol. The minimum Gasteiger partial charge on any atom is -0.313 e. The summed E-state index contributed by atoms with van der Waals surface area (Å²) in [6.45, 7) is 6.52. The fraction of sp³-hybridized carbons (Fsp3) is 0.385. The smallest absolute Gasteiger partial charge is 0.0168 e. The van der Waals surface area contributed by atoms with Gasteiger partial charge in [0, 0.05) is 6.54 Å². The number of rotatable bonds is 1. The van der Waals surface area contributed by atoms with E-state index < -0.39 is 0 Å². The van der Waals surface area contributed by atoms with Crippen molar-refractivity contribution >= 4 is 6.08 Å². The number of aryl methyl sites for hydroxylation is 2. The first-order chi connectivity index (χ1) is 6.75. The fourth-order valence-corrected chi connectivity index (χ4v) is 1.84. The summed E-state index contributed by atoms with van der Waals surface area (Å²) in [6, 6.07) is 6.63. The molecule has 2 rings (SSSR count). The van der Waals surface area contributed by atoms with Crippen molar-refractivity contribution in [2.45, 2.75) is 20.3 Å². The van der Waals surface area contributed by atoms with Crippen LogP contribution in [0.15, 0.2) is 23.8 Å². The third-order valence-corrected chi connectivity index (χ3v) is 2.77. The zero-order valence-electron chi connectivity index (χ0n) is 8.93. The quantitative estimate of drug-likeness (QED) is 0.712. The number of hydrogen-bond donors (Lipinski definition) is 1. The molecular formula is C13H17N. The van der Waals surface area contributed by atoms with Gasteiger partial charge in [-0.2, -0.15) is 0 Å². The van der Waals surface area contributed by atoms with Crippen molar-refractivity contribution in [3.05, 3.63) is 40.5 Å². The molecule has 1 heteroatoms. The summed E-state index contributed by atoms with van der Waals surface area (Å²) in [5.74, 6) is 0. The van der Waals surface area contributed by atoms with Crippen molar-refractivity contribution in [2.75, 3.05) is 13.1 Å². The van der Waals surface area contributed by atoms with Crippen LogP contribution in [0.3, 0.4) is 0 Å². The molecule has 0 unspecified atom stereocenters. The molecule has 0 saturated carbocycles. The van der Waals surface area contributed by atoms with E-state index in [4.69, 9.17) is 0 Å². The van der Waals surface area contributed by atoms with E-state index in [2.05, 4.69) is 43.4 Å². The maximum atomic E-state index is 3.36. The Morgan fingerprint density at radius 3 is 2.86 bits per heavy atom. The first-order valence-corrected chi connectivity index (χ1v) is 5.23. The minimum atomic E-state index is 1.06. The lowest BCUT2D eigenvalue weighted by Gasteiger charge is -2.03. The van der Waals surface area contributed by atoms with Crippen LogP contribution < -0.4 is 5.32 Å². The van der Waals surface area contributed by atoms with Crippen LogP contribution in [0.25, 0.3) is 6.08 Å². The molecule has 1 aromatic rings. The molecule has 1 nitrogen and oxygen atoms in total. The van der Waals surface area contributed by atoms with E-state index in [-0.39, 0.29) is 0 Å². The van der Waals surface area contributed by atoms with Crippen molar-refractivity contribution in [3.63, 3.8) is 0 Å². The molecule has 0 atom stereocenters. The highest BCUT2D eigenvalue weighted by atomic mass is 14.9. The van der Waals surface area contributed by atoms with E-state index in [9.17, 15) is 0 Å². The number of hydrogen-bond acceptors (Lipinski definition) is 1. The first-order valence-electron chi connectivity index (χ1n) is 5.23. The van der Waals surface area contributed by atoms with Crippen molar-refractivity contribution in [1.29, 1.82) is 0 Å². The highest BCUT2D eigenvalue weighted by Crippen LogP contribution is 2.17. The van der Waals surface area contributed by atoms with Gasteiger partial charge in [-0.25, -0.2) is 0 Å². The van der Waals surface area contributed by atoms with Gasteiger partial charge in [0.05, 0.1) is 0 Å². The largest absolute Gasteiger partial charge is 0.313 e. The molecule has 0 aromatic heterocycles. The highest BCUT2D eigenvalue weighted by molar-refractivity contribution is 5.58. The van der Waals surface area contributed by atoms with Gasteiger partial charge in [-0.3, -0.25) is 0 Å². The molecule has 0 radical (unpaired) electrons. The highest BCUT2D eigenvalue weighted by Gasteiger charge is 2.05. The standard InChI is InChI=1S/C13H17N/c1-10-3-4-11(2)13(7-10)8-12-5-6-14-9-12/h3-4,7-8,14H,5-6,9H2,1-2H3. The summed E-state index contributed by atoms with van der Waals surface area (Å²) in [5.41, 5.74) is 5.62. The lowest BCUT2D eigenvalue weighted by Crippen LogP contribution is -2.04. The van der Waals surface area contributed by atoms with Crippen molar-refractivity contribution in [3.8, 4) is 0 Å². The van der Waals surface area contributed by atoms with Crippen molar-refractivity contribution in [1.82, 2.24) is 5.32 Å². The van der Waals surface area contributed by atoms with Gasteiger partial charge in [0.1, 0.15) is 0 Å². The van der Waals surface area contributed by atoms with E-state index in [1.807, 2.05) is 0 Å². The lowest BCUT2D eigenvalue weighted by molar-refractivity contribution is 0.862. The predicted octanol–water partition coefficient (Wildman–Crippen LogP) is 2.68. The van der Waals surface area contributed by atoms with Gasteiger partial charge in [0.15, 0.2) is 0 Å². The molecule has 1 aliphatic heterocycles. The molecule has 74 valence electrons. The van der Waals surface area contributed by atoms with Gasteiger partial charge in [-0.05, 0) is 37.9 Å². The van der Waals surface area contributed by atoms with Crippen LogP contribution in [-0.4, -0.2) is 13.1 Å². The van der Waals surface area contributed by atoms with Gasteiger partial charge >= 0.3 is 0 Å². The van der Waals surface area contributed by atoms with Crippen molar-refractivity contribution < 1.29 is 0 Å². The van der Waals surface area contributed by atoms with E-state index >= 15 is 0 Å². The maximum absolute atomic E-state index is 3.36. The summed E-state index contributed by atoms with van der Waals surface area (Å²) >= 11 is 0. The minimum absolute atomic E-state index is 1.06. The molecule has 1 N–H and O–H groups in total. The Labute approximate surface area is 85.8 Å². The average Bonchev–Trinajstić information content (AvgIpc) is 2.64. The normalized spacial score (nSPS) is 19.1. The average molecular weight is 187 g/mol. The molecule has 1 aliphatic rings. The summed E-state index contributed by atoms with van der Waals surface area (Å²) in [7, 11) is 0. The monoisotopic (exact) mass is 187 g/mol. The molecule has 14 heavy (non-hydrogen) atoms. The Kier molecular flexibility index (Phi) is 2.69. The number of benzene rings is 1. The lowest BCUT2D eigenvalue weighted by atomic mass is 10.0. The third kappa shape index (κ3) is 2.05. The van der Waals surface area contributed by atoms with Crippen LogP contribution in [0, 0.1) is 13.8 Å². The van der Waals surface area contributed by atoms with Crippen LogP contribution >= 0.6 is 0 Å². The Hall–Kier alpha value is -1.08. The summed E-state index contributed by atoms with van der Waals surface area (Å²) in [6.07, 6.45) is 3.54. The van der Waals surface area contributed by atoms with Gasteiger partial charge in [0.25, 0.3) is 0 Å². The first kappa shape index (κ1) is 9.47. The molecule has 0 spiro atoms. The van der Waals surface area contributed by atoms with Crippen LogP contribution in [0.1, 0.15) is 23.1 Å². The predicted molar refractivity (Wildman–Crippen MR) is 61.4 cm³/mol. The zero-order valence-corrected chi connectivity index (χ0v) is 8.93. The van der Waals surface area contributed by atoms with Gasteiger partial charge in [-0.15, -0.1) is 0 Å². The molecule has 1 saturated heterocycles. The van der Waals surface area contributed by atoms with Crippen LogP contribution in [-0.2, 0) is 0 Å². The van der Waals surface area contributed by atoms with Crippen LogP contribution in [0.4, 0.5) is 0 Å². The van der Waals surface area contributed by atoms with Crippen LogP contribution in [0.2, 0.25) is 0 Å². The Balaban J connectivity index is 2.31. The van der Waals surface area contributed by atoms with E-state index in [1.165, 1.54) is 28.7 Å². The SMILES string of the molecule is Cc1ccc(C)c(C=C2CCNC2)c1. The molecule has 0 amide bonds. The van der Waals surface area contributed by atoms with Gasteiger partial charge in [-0.1, -0.05) is 35.4 Å². The Morgan fingerprint density at radius 1 is 1.29 bits per heavy atom.